The summed E-state index contributed by atoms with van der Waals surface area (Å²) < 4.78 is 0. The van der Waals surface area contributed by atoms with Crippen LogP contribution in [0.2, 0.25) is 0 Å². The molecule has 0 bridgehead atoms. The fourth-order valence-electron chi connectivity index (χ4n) is 1.55. The molecule has 0 saturated carbocycles. The molecule has 0 aliphatic carbocycles. The first-order valence-corrected chi connectivity index (χ1v) is 8.51. The molecule has 0 spiro atoms. The topological polar surface area (TPSA) is 53.8 Å². The maximum Gasteiger partial charge on any atom is 0.236 e. The Morgan fingerprint density at radius 2 is 2.40 bits per heavy atom. The van der Waals surface area contributed by atoms with Crippen LogP contribution < -0.4 is 5.32 Å². The van der Waals surface area contributed by atoms with E-state index in [2.05, 4.69) is 34.6 Å². The highest BCUT2D eigenvalue weighted by molar-refractivity contribution is 8.15. The van der Waals surface area contributed by atoms with Crippen molar-refractivity contribution in [1.29, 1.82) is 0 Å². The van der Waals surface area contributed by atoms with Crippen LogP contribution in [0.5, 0.6) is 0 Å². The summed E-state index contributed by atoms with van der Waals surface area (Å²) in [4.78, 5) is 12.2. The number of thioether (sulfide) groups is 2. The molecular formula is C14H17N3OS2. The molecule has 0 unspecified atom stereocenters. The quantitative estimate of drug-likeness (QED) is 0.380. The van der Waals surface area contributed by atoms with Gasteiger partial charge in [0, 0.05) is 4.90 Å². The van der Waals surface area contributed by atoms with Crippen LogP contribution in [0.3, 0.4) is 0 Å². The van der Waals surface area contributed by atoms with Crippen LogP contribution in [0.4, 0.5) is 0 Å². The minimum Gasteiger partial charge on any atom is -0.303 e. The SMILES string of the molecule is CCCCSc1cccc(C=NN=C2NC(=O)CS2)c1. The molecule has 1 aromatic carbocycles. The van der Waals surface area contributed by atoms with E-state index in [4.69, 9.17) is 0 Å². The highest BCUT2D eigenvalue weighted by atomic mass is 32.2. The average Bonchev–Trinajstić information content (AvgIpc) is 2.85. The first-order chi connectivity index (χ1) is 9.78. The van der Waals surface area contributed by atoms with Gasteiger partial charge in [0.15, 0.2) is 5.17 Å². The van der Waals surface area contributed by atoms with Crippen LogP contribution in [0, 0.1) is 0 Å². The summed E-state index contributed by atoms with van der Waals surface area (Å²) in [5.74, 6) is 1.55. The second-order valence-electron chi connectivity index (χ2n) is 4.26. The molecule has 0 atom stereocenters. The Bertz CT molecular complexity index is 529. The van der Waals surface area contributed by atoms with Gasteiger partial charge in [-0.2, -0.15) is 5.10 Å². The number of amidine groups is 1. The molecule has 1 saturated heterocycles. The van der Waals surface area contributed by atoms with Gasteiger partial charge in [0.05, 0.1) is 12.0 Å². The molecule has 1 amide bonds. The van der Waals surface area contributed by atoms with Crippen LogP contribution in [0.25, 0.3) is 0 Å². The molecule has 1 heterocycles. The predicted molar refractivity (Wildman–Crippen MR) is 87.7 cm³/mol. The Morgan fingerprint density at radius 1 is 1.50 bits per heavy atom. The van der Waals surface area contributed by atoms with E-state index < -0.39 is 0 Å². The molecular weight excluding hydrogens is 290 g/mol. The van der Waals surface area contributed by atoms with Gasteiger partial charge in [-0.25, -0.2) is 0 Å². The predicted octanol–water partition coefficient (Wildman–Crippen LogP) is 3.13. The van der Waals surface area contributed by atoms with Crippen molar-refractivity contribution in [3.8, 4) is 0 Å². The molecule has 4 nitrogen and oxygen atoms in total. The Balaban J connectivity index is 1.92. The number of carbonyl (C=O) groups is 1. The van der Waals surface area contributed by atoms with Gasteiger partial charge in [0.2, 0.25) is 5.91 Å². The zero-order valence-electron chi connectivity index (χ0n) is 11.3. The number of carbonyl (C=O) groups excluding carboxylic acids is 1. The van der Waals surface area contributed by atoms with Crippen LogP contribution >= 0.6 is 23.5 Å². The van der Waals surface area contributed by atoms with Gasteiger partial charge in [-0.05, 0) is 29.9 Å². The Hall–Kier alpha value is -1.27. The normalized spacial score (nSPS) is 17.1. The van der Waals surface area contributed by atoms with E-state index in [-0.39, 0.29) is 5.91 Å². The van der Waals surface area contributed by atoms with Crippen molar-refractivity contribution in [2.75, 3.05) is 11.5 Å². The largest absolute Gasteiger partial charge is 0.303 e. The van der Waals surface area contributed by atoms with E-state index in [0.717, 1.165) is 11.3 Å². The van der Waals surface area contributed by atoms with Crippen LogP contribution in [-0.2, 0) is 4.79 Å². The van der Waals surface area contributed by atoms with E-state index >= 15 is 0 Å². The lowest BCUT2D eigenvalue weighted by Crippen LogP contribution is -2.19. The van der Waals surface area contributed by atoms with Crippen molar-refractivity contribution in [2.24, 2.45) is 10.2 Å². The molecule has 1 aliphatic rings. The van der Waals surface area contributed by atoms with E-state index in [9.17, 15) is 4.79 Å². The number of hydrogen-bond donors (Lipinski definition) is 1. The van der Waals surface area contributed by atoms with Crippen molar-refractivity contribution in [3.05, 3.63) is 29.8 Å². The standard InChI is InChI=1S/C14H17N3OS2/c1-2-3-7-19-12-6-4-5-11(8-12)9-15-17-14-16-13(18)10-20-14/h4-6,8-9H,2-3,7,10H2,1H3,(H,16,17,18). The summed E-state index contributed by atoms with van der Waals surface area (Å²) >= 11 is 3.23. The highest BCUT2D eigenvalue weighted by Gasteiger charge is 2.15. The molecule has 106 valence electrons. The van der Waals surface area contributed by atoms with Crippen molar-refractivity contribution in [2.45, 2.75) is 24.7 Å². The summed E-state index contributed by atoms with van der Waals surface area (Å²) in [6.45, 7) is 2.20. The number of rotatable bonds is 6. The van der Waals surface area contributed by atoms with Crippen LogP contribution in [0.1, 0.15) is 25.3 Å². The van der Waals surface area contributed by atoms with Gasteiger partial charge >= 0.3 is 0 Å². The number of unbranched alkanes of at least 4 members (excludes halogenated alkanes) is 1. The molecule has 2 rings (SSSR count). The van der Waals surface area contributed by atoms with Gasteiger partial charge in [-0.15, -0.1) is 16.9 Å². The second kappa shape index (κ2) is 8.11. The Labute approximate surface area is 127 Å². The lowest BCUT2D eigenvalue weighted by Gasteiger charge is -2.01. The minimum atomic E-state index is -0.0155. The van der Waals surface area contributed by atoms with E-state index in [0.29, 0.717) is 10.9 Å². The molecule has 1 aromatic rings. The Morgan fingerprint density at radius 3 is 3.15 bits per heavy atom. The molecule has 6 heteroatoms. The first kappa shape index (κ1) is 15.1. The average molecular weight is 307 g/mol. The van der Waals surface area contributed by atoms with Gasteiger partial charge in [0.25, 0.3) is 0 Å². The third-order valence-electron chi connectivity index (χ3n) is 2.57. The van der Waals surface area contributed by atoms with Crippen LogP contribution in [0.15, 0.2) is 39.4 Å². The minimum absolute atomic E-state index is 0.0155. The number of nitrogens with zero attached hydrogens (tertiary/aromatic N) is 2. The maximum atomic E-state index is 11.0. The summed E-state index contributed by atoms with van der Waals surface area (Å²) in [5.41, 5.74) is 1.02. The van der Waals surface area contributed by atoms with Crippen molar-refractivity contribution >= 4 is 40.8 Å². The van der Waals surface area contributed by atoms with Crippen LogP contribution in [-0.4, -0.2) is 28.8 Å². The number of benzene rings is 1. The first-order valence-electron chi connectivity index (χ1n) is 6.54. The maximum absolute atomic E-state index is 11.0. The summed E-state index contributed by atoms with van der Waals surface area (Å²) in [6.07, 6.45) is 4.16. The molecule has 0 radical (unpaired) electrons. The number of amides is 1. The third-order valence-corrected chi connectivity index (χ3v) is 4.51. The second-order valence-corrected chi connectivity index (χ2v) is 6.39. The molecule has 1 aliphatic heterocycles. The summed E-state index contributed by atoms with van der Waals surface area (Å²) in [5, 5.41) is 11.2. The molecule has 0 aromatic heterocycles. The van der Waals surface area contributed by atoms with Gasteiger partial charge in [-0.3, -0.25) is 4.79 Å². The van der Waals surface area contributed by atoms with Gasteiger partial charge in [-0.1, -0.05) is 37.2 Å². The lowest BCUT2D eigenvalue weighted by molar-refractivity contribution is -0.116. The smallest absolute Gasteiger partial charge is 0.236 e. The molecule has 1 N–H and O–H groups in total. The third kappa shape index (κ3) is 5.02. The molecule has 1 fully saturated rings. The monoisotopic (exact) mass is 307 g/mol. The zero-order chi connectivity index (χ0) is 14.2. The number of nitrogens with one attached hydrogen (secondary N) is 1. The van der Waals surface area contributed by atoms with Gasteiger partial charge in [0.1, 0.15) is 0 Å². The fraction of sp³-hybridized carbons (Fsp3) is 0.357. The zero-order valence-corrected chi connectivity index (χ0v) is 13.0. The van der Waals surface area contributed by atoms with Gasteiger partial charge < -0.3 is 5.32 Å². The number of hydrogen-bond acceptors (Lipinski definition) is 5. The summed E-state index contributed by atoms with van der Waals surface area (Å²) in [6, 6.07) is 8.23. The lowest BCUT2D eigenvalue weighted by atomic mass is 10.2. The van der Waals surface area contributed by atoms with Crippen molar-refractivity contribution in [3.63, 3.8) is 0 Å². The van der Waals surface area contributed by atoms with E-state index in [1.54, 1.807) is 6.21 Å². The highest BCUT2D eigenvalue weighted by Crippen LogP contribution is 2.20. The van der Waals surface area contributed by atoms with Crippen molar-refractivity contribution in [1.82, 2.24) is 5.32 Å². The molecule has 20 heavy (non-hydrogen) atoms. The van der Waals surface area contributed by atoms with Crippen molar-refractivity contribution < 1.29 is 4.79 Å². The van der Waals surface area contributed by atoms with E-state index in [1.807, 2.05) is 23.9 Å². The fourth-order valence-corrected chi connectivity index (χ4v) is 3.24. The summed E-state index contributed by atoms with van der Waals surface area (Å²) in [7, 11) is 0. The Kier molecular flexibility index (Phi) is 6.14. The van der Waals surface area contributed by atoms with E-state index in [1.165, 1.54) is 29.5 Å².